The quantitative estimate of drug-likeness (QED) is 0.851. The molecule has 0 spiro atoms. The Morgan fingerprint density at radius 2 is 1.16 bits per heavy atom. The van der Waals surface area contributed by atoms with E-state index in [0.717, 1.165) is 12.8 Å². The molecule has 1 saturated carbocycles. The Morgan fingerprint density at radius 3 is 1.56 bits per heavy atom. The van der Waals surface area contributed by atoms with Crippen LogP contribution in [0.25, 0.3) is 0 Å². The van der Waals surface area contributed by atoms with Crippen LogP contribution >= 0.6 is 0 Å². The highest BCUT2D eigenvalue weighted by molar-refractivity contribution is 5.30. The summed E-state index contributed by atoms with van der Waals surface area (Å²) in [4.78, 5) is 2.54. The Morgan fingerprint density at radius 1 is 0.760 bits per heavy atom. The molecule has 2 aromatic carbocycles. The molecule has 0 amide bonds. The number of hydrogen-bond donors (Lipinski definition) is 1. The van der Waals surface area contributed by atoms with Gasteiger partial charge in [0.05, 0.1) is 6.10 Å². The summed E-state index contributed by atoms with van der Waals surface area (Å²) >= 11 is 0. The summed E-state index contributed by atoms with van der Waals surface area (Å²) in [6.45, 7) is 4.27. The fourth-order valence-corrected chi connectivity index (χ4v) is 5.21. The van der Waals surface area contributed by atoms with E-state index in [1.165, 1.54) is 28.7 Å². The highest BCUT2D eigenvalue weighted by atomic mass is 16.3. The number of aliphatic hydroxyl groups is 1. The smallest absolute Gasteiger partial charge is 0.0633 e. The van der Waals surface area contributed by atoms with Crippen molar-refractivity contribution in [2.45, 2.75) is 51.3 Å². The topological polar surface area (TPSA) is 23.5 Å². The zero-order valence-electron chi connectivity index (χ0n) is 15.5. The van der Waals surface area contributed by atoms with Crippen LogP contribution in [0.3, 0.4) is 0 Å². The van der Waals surface area contributed by atoms with Gasteiger partial charge in [-0.25, -0.2) is 0 Å². The third kappa shape index (κ3) is 2.92. The molecule has 0 radical (unpaired) electrons. The van der Waals surface area contributed by atoms with Gasteiger partial charge in [-0.05, 0) is 44.9 Å². The van der Waals surface area contributed by atoms with Crippen molar-refractivity contribution in [3.63, 3.8) is 0 Å². The predicted molar refractivity (Wildman–Crippen MR) is 102 cm³/mol. The summed E-state index contributed by atoms with van der Waals surface area (Å²) in [5.41, 5.74) is 5.27. The second kappa shape index (κ2) is 6.59. The van der Waals surface area contributed by atoms with Crippen molar-refractivity contribution in [1.29, 1.82) is 0 Å². The van der Waals surface area contributed by atoms with Crippen LogP contribution < -0.4 is 0 Å². The minimum Gasteiger partial charge on any atom is -0.392 e. The fraction of sp³-hybridized carbons (Fsp3) is 0.478. The van der Waals surface area contributed by atoms with Crippen LogP contribution in [-0.2, 0) is 0 Å². The van der Waals surface area contributed by atoms with Crippen LogP contribution in [0.2, 0.25) is 0 Å². The summed E-state index contributed by atoms with van der Waals surface area (Å²) in [6, 6.07) is 18.4. The van der Waals surface area contributed by atoms with Crippen molar-refractivity contribution in [2.24, 2.45) is 11.8 Å². The SMILES string of the molecule is Cc1ccc(C2C3CCCC(C3O)C(c3ccc(C)cc3)N2C)cc1. The lowest BCUT2D eigenvalue weighted by Crippen LogP contribution is -2.53. The molecular formula is C23H29NO. The second-order valence-electron chi connectivity index (χ2n) is 8.13. The maximum atomic E-state index is 11.2. The number of piperidine rings is 1. The molecule has 1 heterocycles. The predicted octanol–water partition coefficient (Wildman–Crippen LogP) is 4.81. The first kappa shape index (κ1) is 16.8. The number of aryl methyl sites for hydroxylation is 2. The molecule has 2 aromatic rings. The molecule has 1 aliphatic carbocycles. The second-order valence-corrected chi connectivity index (χ2v) is 8.13. The normalized spacial score (nSPS) is 32.6. The lowest BCUT2D eigenvalue weighted by atomic mass is 9.65. The summed E-state index contributed by atoms with van der Waals surface area (Å²) in [7, 11) is 2.26. The molecule has 4 rings (SSSR count). The molecule has 2 fully saturated rings. The van der Waals surface area contributed by atoms with Gasteiger partial charge in [-0.1, -0.05) is 66.1 Å². The highest BCUT2D eigenvalue weighted by Gasteiger charge is 2.49. The van der Waals surface area contributed by atoms with Crippen molar-refractivity contribution in [3.8, 4) is 0 Å². The van der Waals surface area contributed by atoms with E-state index in [0.29, 0.717) is 23.9 Å². The molecule has 25 heavy (non-hydrogen) atoms. The van der Waals surface area contributed by atoms with E-state index in [4.69, 9.17) is 0 Å². The van der Waals surface area contributed by atoms with Gasteiger partial charge in [-0.3, -0.25) is 4.90 Å². The standard InChI is InChI=1S/C23H29NO/c1-15-7-11-17(12-8-15)21-19-5-4-6-20(23(19)25)22(24(21)3)18-13-9-16(2)10-14-18/h7-14,19-23,25H,4-6H2,1-3H3. The molecule has 1 saturated heterocycles. The van der Waals surface area contributed by atoms with E-state index in [1.807, 2.05) is 0 Å². The van der Waals surface area contributed by atoms with Crippen molar-refractivity contribution in [3.05, 3.63) is 70.8 Å². The Bertz CT molecular complexity index is 659. The van der Waals surface area contributed by atoms with E-state index >= 15 is 0 Å². The summed E-state index contributed by atoms with van der Waals surface area (Å²) in [6.07, 6.45) is 3.27. The molecule has 4 unspecified atom stereocenters. The van der Waals surface area contributed by atoms with E-state index in [-0.39, 0.29) is 6.10 Å². The van der Waals surface area contributed by atoms with Crippen molar-refractivity contribution >= 4 is 0 Å². The molecule has 132 valence electrons. The molecule has 2 nitrogen and oxygen atoms in total. The Kier molecular flexibility index (Phi) is 4.43. The number of nitrogens with zero attached hydrogens (tertiary/aromatic N) is 1. The Balaban J connectivity index is 1.76. The number of benzene rings is 2. The van der Waals surface area contributed by atoms with Gasteiger partial charge in [-0.2, -0.15) is 0 Å². The largest absolute Gasteiger partial charge is 0.392 e. The molecule has 0 aromatic heterocycles. The van der Waals surface area contributed by atoms with Gasteiger partial charge in [-0.15, -0.1) is 0 Å². The first-order valence-corrected chi connectivity index (χ1v) is 9.59. The maximum Gasteiger partial charge on any atom is 0.0633 e. The van der Waals surface area contributed by atoms with E-state index in [2.05, 4.69) is 74.3 Å². The van der Waals surface area contributed by atoms with Gasteiger partial charge >= 0.3 is 0 Å². The minimum absolute atomic E-state index is 0.206. The summed E-state index contributed by atoms with van der Waals surface area (Å²) in [5, 5.41) is 11.2. The molecule has 2 aliphatic rings. The number of fused-ring (bicyclic) bond motifs is 2. The monoisotopic (exact) mass is 335 g/mol. The van der Waals surface area contributed by atoms with Crippen LogP contribution in [0, 0.1) is 25.7 Å². The maximum absolute atomic E-state index is 11.2. The summed E-state index contributed by atoms with van der Waals surface area (Å²) in [5.74, 6) is 0.682. The number of aliphatic hydroxyl groups excluding tert-OH is 1. The Labute approximate surface area is 151 Å². The average Bonchev–Trinajstić information content (AvgIpc) is 2.60. The summed E-state index contributed by atoms with van der Waals surface area (Å²) < 4.78 is 0. The zero-order valence-corrected chi connectivity index (χ0v) is 15.5. The molecule has 2 heteroatoms. The van der Waals surface area contributed by atoms with Crippen molar-refractivity contribution < 1.29 is 5.11 Å². The van der Waals surface area contributed by atoms with Crippen molar-refractivity contribution in [2.75, 3.05) is 7.05 Å². The van der Waals surface area contributed by atoms with Gasteiger partial charge < -0.3 is 5.11 Å². The molecule has 1 aliphatic heterocycles. The van der Waals surface area contributed by atoms with E-state index in [1.54, 1.807) is 0 Å². The van der Waals surface area contributed by atoms with Crippen LogP contribution in [0.1, 0.15) is 53.6 Å². The first-order chi connectivity index (χ1) is 12.1. The number of rotatable bonds is 2. The first-order valence-electron chi connectivity index (χ1n) is 9.59. The van der Waals surface area contributed by atoms with Crippen LogP contribution in [-0.4, -0.2) is 23.2 Å². The highest BCUT2D eigenvalue weighted by Crippen LogP contribution is 2.52. The lowest BCUT2D eigenvalue weighted by Gasteiger charge is -2.54. The third-order valence-corrected chi connectivity index (χ3v) is 6.48. The average molecular weight is 335 g/mol. The number of likely N-dealkylation sites (tertiary alicyclic amines) is 1. The van der Waals surface area contributed by atoms with E-state index in [9.17, 15) is 5.11 Å². The Hall–Kier alpha value is -1.64. The van der Waals surface area contributed by atoms with E-state index < -0.39 is 0 Å². The van der Waals surface area contributed by atoms with Gasteiger partial charge in [0.2, 0.25) is 0 Å². The number of hydrogen-bond acceptors (Lipinski definition) is 2. The van der Waals surface area contributed by atoms with Gasteiger partial charge in [0, 0.05) is 23.9 Å². The van der Waals surface area contributed by atoms with Crippen LogP contribution in [0.4, 0.5) is 0 Å². The molecular weight excluding hydrogens is 306 g/mol. The minimum atomic E-state index is -0.206. The molecule has 2 bridgehead atoms. The fourth-order valence-electron chi connectivity index (χ4n) is 5.21. The molecule has 1 N–H and O–H groups in total. The molecule has 4 atom stereocenters. The zero-order chi connectivity index (χ0) is 17.6. The van der Waals surface area contributed by atoms with Crippen LogP contribution in [0.15, 0.2) is 48.5 Å². The van der Waals surface area contributed by atoms with Gasteiger partial charge in [0.15, 0.2) is 0 Å². The van der Waals surface area contributed by atoms with Gasteiger partial charge in [0.25, 0.3) is 0 Å². The van der Waals surface area contributed by atoms with Crippen LogP contribution in [0.5, 0.6) is 0 Å². The van der Waals surface area contributed by atoms with Gasteiger partial charge in [0.1, 0.15) is 0 Å². The van der Waals surface area contributed by atoms with Crippen molar-refractivity contribution in [1.82, 2.24) is 4.90 Å². The lowest BCUT2D eigenvalue weighted by molar-refractivity contribution is -0.112. The third-order valence-electron chi connectivity index (χ3n) is 6.48.